The third-order valence-electron chi connectivity index (χ3n) is 1.18. The van der Waals surface area contributed by atoms with Gasteiger partial charge in [0.05, 0.1) is 0 Å². The van der Waals surface area contributed by atoms with Crippen LogP contribution < -0.4 is 0 Å². The molecule has 0 aromatic rings. The Labute approximate surface area is 49.7 Å². The molecule has 0 saturated carbocycles. The number of hydrogen-bond donors (Lipinski definition) is 0. The maximum Gasteiger partial charge on any atom is 0.121 e. The average molecular weight is 108 g/mol. The Morgan fingerprint density at radius 2 is 1.62 bits per heavy atom. The van der Waals surface area contributed by atoms with Gasteiger partial charge in [-0.15, -0.1) is 0 Å². The summed E-state index contributed by atoms with van der Waals surface area (Å²) in [4.78, 5) is 3.50. The van der Waals surface area contributed by atoms with Gasteiger partial charge in [0.2, 0.25) is 0 Å². The van der Waals surface area contributed by atoms with Crippen LogP contribution in [-0.4, -0.2) is 23.9 Å². The first-order valence-corrected chi connectivity index (χ1v) is 2.44. The molecule has 0 unspecified atom stereocenters. The minimum atomic E-state index is 0.519. The van der Waals surface area contributed by atoms with Crippen molar-refractivity contribution in [3.63, 3.8) is 0 Å². The highest BCUT2D eigenvalue weighted by molar-refractivity contribution is 5.06. The van der Waals surface area contributed by atoms with Crippen molar-refractivity contribution in [3.8, 4) is 0 Å². The quantitative estimate of drug-likeness (QED) is 0.445. The minimum Gasteiger partial charge on any atom is -0.336 e. The number of hydrogen-bond acceptors (Lipinski definition) is 2. The van der Waals surface area contributed by atoms with E-state index in [0.717, 1.165) is 0 Å². The van der Waals surface area contributed by atoms with Gasteiger partial charge >= 0.3 is 0 Å². The summed E-state index contributed by atoms with van der Waals surface area (Å²) in [6.07, 6.45) is 3.70. The second-order valence-corrected chi connectivity index (χ2v) is 1.84. The van der Waals surface area contributed by atoms with Crippen molar-refractivity contribution in [1.82, 2.24) is 9.80 Å². The fourth-order valence-corrected chi connectivity index (χ4v) is 0.590. The molecule has 0 aromatic heterocycles. The molecule has 0 atom stereocenters. The smallest absolute Gasteiger partial charge is 0.121 e. The Kier molecular flexibility index (Phi) is 1.01. The van der Waals surface area contributed by atoms with Crippen molar-refractivity contribution >= 4 is 0 Å². The van der Waals surface area contributed by atoms with Crippen molar-refractivity contribution < 1.29 is 0 Å². The Hall–Kier alpha value is -0.920. The van der Waals surface area contributed by atoms with Gasteiger partial charge in [-0.2, -0.15) is 0 Å². The van der Waals surface area contributed by atoms with Gasteiger partial charge in [0.25, 0.3) is 0 Å². The standard InChI is InChI=1S/C6H8N2/c1-6-7(2)4-5-8(6)3/h4-5H,2-3H3. The molecule has 2 heteroatoms. The summed E-state index contributed by atoms with van der Waals surface area (Å²) < 4.78 is 0. The first-order chi connectivity index (χ1) is 3.72. The topological polar surface area (TPSA) is 6.48 Å². The molecule has 0 saturated heterocycles. The maximum atomic E-state index is 7.25. The molecule has 1 heterocycles. The van der Waals surface area contributed by atoms with Gasteiger partial charge in [0.15, 0.2) is 0 Å². The van der Waals surface area contributed by atoms with Crippen molar-refractivity contribution in [1.29, 1.82) is 0 Å². The molecular weight excluding hydrogens is 100 g/mol. The van der Waals surface area contributed by atoms with Crippen molar-refractivity contribution in [2.75, 3.05) is 14.1 Å². The Balaban J connectivity index is 2.70. The summed E-state index contributed by atoms with van der Waals surface area (Å²) in [6, 6.07) is 0. The summed E-state index contributed by atoms with van der Waals surface area (Å²) >= 11 is 0. The lowest BCUT2D eigenvalue weighted by molar-refractivity contribution is 0.448. The zero-order valence-electron chi connectivity index (χ0n) is 5.05. The monoisotopic (exact) mass is 108 g/mol. The predicted molar refractivity (Wildman–Crippen MR) is 31.4 cm³/mol. The van der Waals surface area contributed by atoms with E-state index in [1.807, 2.05) is 26.5 Å². The average Bonchev–Trinajstić information content (AvgIpc) is 1.98. The predicted octanol–water partition coefficient (Wildman–Crippen LogP) is 0.486. The second kappa shape index (κ2) is 1.54. The molecular formula is C6H8N2. The summed E-state index contributed by atoms with van der Waals surface area (Å²) in [5.41, 5.74) is 0. The van der Waals surface area contributed by atoms with E-state index in [4.69, 9.17) is 6.58 Å². The molecule has 0 aromatic carbocycles. The van der Waals surface area contributed by atoms with E-state index in [9.17, 15) is 0 Å². The fourth-order valence-electron chi connectivity index (χ4n) is 0.590. The highest BCUT2D eigenvalue weighted by Gasteiger charge is 2.07. The molecule has 2 nitrogen and oxygen atoms in total. The van der Waals surface area contributed by atoms with Gasteiger partial charge in [-0.3, -0.25) is 0 Å². The zero-order chi connectivity index (χ0) is 6.15. The second-order valence-electron chi connectivity index (χ2n) is 1.84. The van der Waals surface area contributed by atoms with Gasteiger partial charge in [0.1, 0.15) is 5.82 Å². The molecule has 1 aliphatic rings. The SMILES string of the molecule is [C]=C1N(C)C=CN1C. The molecule has 8 heavy (non-hydrogen) atoms. The Morgan fingerprint density at radius 3 is 1.75 bits per heavy atom. The largest absolute Gasteiger partial charge is 0.336 e. The molecule has 1 aliphatic heterocycles. The van der Waals surface area contributed by atoms with Gasteiger partial charge in [0, 0.05) is 33.1 Å². The fraction of sp³-hybridized carbons (Fsp3) is 0.333. The highest BCUT2D eigenvalue weighted by Crippen LogP contribution is 2.10. The van der Waals surface area contributed by atoms with Crippen LogP contribution in [0.4, 0.5) is 0 Å². The summed E-state index contributed by atoms with van der Waals surface area (Å²) in [5.74, 6) is 0.519. The Morgan fingerprint density at radius 1 is 1.25 bits per heavy atom. The molecule has 0 fully saturated rings. The van der Waals surface area contributed by atoms with Gasteiger partial charge in [-0.05, 0) is 0 Å². The number of nitrogens with zero attached hydrogens (tertiary/aromatic N) is 2. The van der Waals surface area contributed by atoms with E-state index < -0.39 is 0 Å². The molecule has 0 aliphatic carbocycles. The van der Waals surface area contributed by atoms with Crippen LogP contribution in [0.3, 0.4) is 0 Å². The van der Waals surface area contributed by atoms with Gasteiger partial charge in [-0.25, -0.2) is 0 Å². The van der Waals surface area contributed by atoms with Crippen LogP contribution >= 0.6 is 0 Å². The summed E-state index contributed by atoms with van der Waals surface area (Å²) in [6.45, 7) is 7.25. The zero-order valence-corrected chi connectivity index (χ0v) is 5.05. The van der Waals surface area contributed by atoms with E-state index in [1.165, 1.54) is 0 Å². The van der Waals surface area contributed by atoms with Crippen LogP contribution in [0.15, 0.2) is 18.2 Å². The lowest BCUT2D eigenvalue weighted by Crippen LogP contribution is -2.14. The molecule has 42 valence electrons. The third kappa shape index (κ3) is 0.579. The highest BCUT2D eigenvalue weighted by atomic mass is 15.3. The lowest BCUT2D eigenvalue weighted by Gasteiger charge is -2.14. The molecule has 0 N–H and O–H groups in total. The molecule has 0 spiro atoms. The molecule has 0 amide bonds. The van der Waals surface area contributed by atoms with Crippen LogP contribution in [0.2, 0.25) is 0 Å². The number of rotatable bonds is 0. The van der Waals surface area contributed by atoms with E-state index >= 15 is 0 Å². The molecule has 0 bridgehead atoms. The van der Waals surface area contributed by atoms with E-state index in [2.05, 4.69) is 0 Å². The summed E-state index contributed by atoms with van der Waals surface area (Å²) in [5, 5.41) is 0. The van der Waals surface area contributed by atoms with Gasteiger partial charge < -0.3 is 9.80 Å². The first kappa shape index (κ1) is 5.22. The van der Waals surface area contributed by atoms with E-state index in [0.29, 0.717) is 5.82 Å². The van der Waals surface area contributed by atoms with Crippen LogP contribution in [0.25, 0.3) is 0 Å². The molecule has 2 radical (unpaired) electrons. The Bertz CT molecular complexity index is 123. The van der Waals surface area contributed by atoms with Crippen molar-refractivity contribution in [2.24, 2.45) is 0 Å². The van der Waals surface area contributed by atoms with Crippen LogP contribution in [0.1, 0.15) is 0 Å². The van der Waals surface area contributed by atoms with E-state index in [1.54, 1.807) is 9.80 Å². The maximum absolute atomic E-state index is 7.25. The third-order valence-corrected chi connectivity index (χ3v) is 1.18. The van der Waals surface area contributed by atoms with Crippen LogP contribution in [0.5, 0.6) is 0 Å². The van der Waals surface area contributed by atoms with Gasteiger partial charge in [-0.1, -0.05) is 0 Å². The minimum absolute atomic E-state index is 0.519. The van der Waals surface area contributed by atoms with Crippen molar-refractivity contribution in [2.45, 2.75) is 0 Å². The summed E-state index contributed by atoms with van der Waals surface area (Å²) in [7, 11) is 3.70. The lowest BCUT2D eigenvalue weighted by atomic mass is 10.7. The van der Waals surface area contributed by atoms with E-state index in [-0.39, 0.29) is 0 Å². The first-order valence-electron chi connectivity index (χ1n) is 2.44. The van der Waals surface area contributed by atoms with Crippen LogP contribution in [-0.2, 0) is 0 Å². The van der Waals surface area contributed by atoms with Crippen LogP contribution in [0, 0.1) is 6.58 Å². The normalized spacial score (nSPS) is 18.5. The molecule has 1 rings (SSSR count). The van der Waals surface area contributed by atoms with Crippen molar-refractivity contribution in [3.05, 3.63) is 24.8 Å².